The monoisotopic (exact) mass is 389 g/mol. The van der Waals surface area contributed by atoms with Crippen LogP contribution < -0.4 is 5.32 Å². The van der Waals surface area contributed by atoms with Crippen LogP contribution in [0, 0.1) is 12.7 Å². The minimum absolute atomic E-state index is 0.137. The highest BCUT2D eigenvalue weighted by Gasteiger charge is 2.35. The topological polar surface area (TPSA) is 56.8 Å². The Morgan fingerprint density at radius 2 is 2.00 bits per heavy atom. The van der Waals surface area contributed by atoms with Gasteiger partial charge in [0.15, 0.2) is 0 Å². The number of halogens is 3. The van der Waals surface area contributed by atoms with Crippen LogP contribution in [0.1, 0.15) is 24.0 Å². The molecule has 1 fully saturated rings. The number of likely N-dealkylation sites (tertiary alicyclic amines) is 1. The molecule has 2 aromatic heterocycles. The minimum Gasteiger partial charge on any atom is -0.367 e. The van der Waals surface area contributed by atoms with Crippen molar-refractivity contribution in [1.29, 1.82) is 0 Å². The number of H-pyrrole nitrogens is 1. The van der Waals surface area contributed by atoms with Gasteiger partial charge in [0.1, 0.15) is 23.6 Å². The summed E-state index contributed by atoms with van der Waals surface area (Å²) >= 11 is 0. The molecule has 0 bridgehead atoms. The van der Waals surface area contributed by atoms with Crippen LogP contribution in [0.2, 0.25) is 0 Å². The average Bonchev–Trinajstić information content (AvgIpc) is 3.15. The number of aromatic amines is 1. The lowest BCUT2D eigenvalue weighted by atomic mass is 10.0. The van der Waals surface area contributed by atoms with Crippen LogP contribution in [0.4, 0.5) is 19.0 Å². The maximum Gasteiger partial charge on any atom is 0.285 e. The lowest BCUT2D eigenvalue weighted by molar-refractivity contribution is -0.0422. The number of aromatic nitrogens is 3. The Morgan fingerprint density at radius 3 is 2.75 bits per heavy atom. The van der Waals surface area contributed by atoms with Gasteiger partial charge in [-0.2, -0.15) is 8.78 Å². The SMILES string of the molecule is Cc1cc(C(F)(F)CN2CCC(Nc3ncnc4[nH]ccc34)CC2)ccc1F. The van der Waals surface area contributed by atoms with Gasteiger partial charge in [0.25, 0.3) is 5.92 Å². The average molecular weight is 389 g/mol. The molecule has 1 aromatic carbocycles. The number of hydrogen-bond acceptors (Lipinski definition) is 4. The molecule has 5 nitrogen and oxygen atoms in total. The first-order valence-corrected chi connectivity index (χ1v) is 9.34. The first-order chi connectivity index (χ1) is 13.4. The standard InChI is InChI=1S/C20H22F3N5/c1-13-10-14(2-3-17(13)21)20(22,23)11-28-8-5-15(6-9-28)27-19-16-4-7-24-18(16)25-12-26-19/h2-4,7,10,12,15H,5-6,8-9,11H2,1H3,(H2,24,25,26,27). The molecule has 148 valence electrons. The molecular formula is C20H22F3N5. The molecule has 2 N–H and O–H groups in total. The van der Waals surface area contributed by atoms with E-state index in [1.165, 1.54) is 25.4 Å². The Morgan fingerprint density at radius 1 is 1.21 bits per heavy atom. The molecular weight excluding hydrogens is 367 g/mol. The summed E-state index contributed by atoms with van der Waals surface area (Å²) in [6.45, 7) is 2.27. The summed E-state index contributed by atoms with van der Waals surface area (Å²) in [6.07, 6.45) is 4.80. The Hall–Kier alpha value is -2.61. The number of alkyl halides is 2. The number of nitrogens with one attached hydrogen (secondary N) is 2. The fourth-order valence-electron chi connectivity index (χ4n) is 3.66. The zero-order chi connectivity index (χ0) is 19.7. The molecule has 0 spiro atoms. The maximum atomic E-state index is 14.6. The van der Waals surface area contributed by atoms with Crippen LogP contribution in [0.5, 0.6) is 0 Å². The number of anilines is 1. The maximum absolute atomic E-state index is 14.6. The van der Waals surface area contributed by atoms with Crippen LogP contribution >= 0.6 is 0 Å². The van der Waals surface area contributed by atoms with Crippen molar-refractivity contribution in [2.24, 2.45) is 0 Å². The number of rotatable bonds is 5. The molecule has 4 rings (SSSR count). The zero-order valence-electron chi connectivity index (χ0n) is 15.6. The van der Waals surface area contributed by atoms with Crippen molar-refractivity contribution < 1.29 is 13.2 Å². The minimum atomic E-state index is -3.01. The zero-order valence-corrected chi connectivity index (χ0v) is 15.6. The molecule has 8 heteroatoms. The second-order valence-electron chi connectivity index (χ2n) is 7.33. The van der Waals surface area contributed by atoms with Gasteiger partial charge in [-0.3, -0.25) is 4.90 Å². The Balaban J connectivity index is 1.36. The van der Waals surface area contributed by atoms with E-state index in [9.17, 15) is 13.2 Å². The van der Waals surface area contributed by atoms with Gasteiger partial charge >= 0.3 is 0 Å². The molecule has 0 atom stereocenters. The Labute approximate surface area is 161 Å². The summed E-state index contributed by atoms with van der Waals surface area (Å²) in [5, 5.41) is 4.33. The third-order valence-corrected chi connectivity index (χ3v) is 5.28. The third kappa shape index (κ3) is 3.82. The summed E-state index contributed by atoms with van der Waals surface area (Å²) in [7, 11) is 0. The number of piperidine rings is 1. The number of hydrogen-bond donors (Lipinski definition) is 2. The summed E-state index contributed by atoms with van der Waals surface area (Å²) in [6, 6.07) is 5.61. The first kappa shape index (κ1) is 18.7. The van der Waals surface area contributed by atoms with Crippen LogP contribution in [-0.4, -0.2) is 45.5 Å². The highest BCUT2D eigenvalue weighted by Crippen LogP contribution is 2.31. The van der Waals surface area contributed by atoms with Crippen molar-refractivity contribution >= 4 is 16.9 Å². The van der Waals surface area contributed by atoms with Crippen LogP contribution in [0.3, 0.4) is 0 Å². The highest BCUT2D eigenvalue weighted by molar-refractivity contribution is 5.86. The highest BCUT2D eigenvalue weighted by atomic mass is 19.3. The van der Waals surface area contributed by atoms with Gasteiger partial charge in [0.05, 0.1) is 11.9 Å². The van der Waals surface area contributed by atoms with Gasteiger partial charge in [-0.15, -0.1) is 0 Å². The quantitative estimate of drug-likeness (QED) is 0.691. The second-order valence-corrected chi connectivity index (χ2v) is 7.33. The molecule has 28 heavy (non-hydrogen) atoms. The normalized spacial score (nSPS) is 16.6. The van der Waals surface area contributed by atoms with E-state index in [4.69, 9.17) is 0 Å². The lowest BCUT2D eigenvalue weighted by Gasteiger charge is -2.34. The Bertz CT molecular complexity index is 963. The van der Waals surface area contributed by atoms with Gasteiger partial charge in [0.2, 0.25) is 0 Å². The van der Waals surface area contributed by atoms with E-state index in [0.29, 0.717) is 13.1 Å². The number of aryl methyl sites for hydroxylation is 1. The lowest BCUT2D eigenvalue weighted by Crippen LogP contribution is -2.43. The van der Waals surface area contributed by atoms with E-state index >= 15 is 0 Å². The third-order valence-electron chi connectivity index (χ3n) is 5.28. The van der Waals surface area contributed by atoms with Crippen molar-refractivity contribution in [3.05, 3.63) is 53.7 Å². The molecule has 0 aliphatic carbocycles. The van der Waals surface area contributed by atoms with Crippen molar-refractivity contribution in [1.82, 2.24) is 19.9 Å². The fourth-order valence-corrected chi connectivity index (χ4v) is 3.66. The second kappa shape index (κ2) is 7.43. The van der Waals surface area contributed by atoms with Crippen molar-refractivity contribution in [2.45, 2.75) is 31.7 Å². The predicted molar refractivity (Wildman–Crippen MR) is 102 cm³/mol. The number of fused-ring (bicyclic) bond motifs is 1. The van der Waals surface area contributed by atoms with Gasteiger partial charge < -0.3 is 10.3 Å². The van der Waals surface area contributed by atoms with E-state index < -0.39 is 11.7 Å². The van der Waals surface area contributed by atoms with Crippen LogP contribution in [0.25, 0.3) is 11.0 Å². The Kier molecular flexibility index (Phi) is 4.97. The van der Waals surface area contributed by atoms with Gasteiger partial charge in [-0.25, -0.2) is 14.4 Å². The van der Waals surface area contributed by atoms with E-state index in [0.717, 1.165) is 35.8 Å². The summed E-state index contributed by atoms with van der Waals surface area (Å²) < 4.78 is 42.6. The van der Waals surface area contributed by atoms with E-state index in [1.807, 2.05) is 12.3 Å². The number of nitrogens with zero attached hydrogens (tertiary/aromatic N) is 3. The van der Waals surface area contributed by atoms with Gasteiger partial charge in [-0.05, 0) is 43.5 Å². The summed E-state index contributed by atoms with van der Waals surface area (Å²) in [5.41, 5.74) is 0.868. The van der Waals surface area contributed by atoms with Crippen molar-refractivity contribution in [3.8, 4) is 0 Å². The molecule has 1 saturated heterocycles. The van der Waals surface area contributed by atoms with E-state index in [2.05, 4.69) is 20.3 Å². The smallest absolute Gasteiger partial charge is 0.285 e. The molecule has 0 amide bonds. The fraction of sp³-hybridized carbons (Fsp3) is 0.400. The van der Waals surface area contributed by atoms with E-state index in [-0.39, 0.29) is 23.7 Å². The van der Waals surface area contributed by atoms with Crippen molar-refractivity contribution in [2.75, 3.05) is 25.0 Å². The summed E-state index contributed by atoms with van der Waals surface area (Å²) in [5.74, 6) is -2.72. The van der Waals surface area contributed by atoms with Crippen LogP contribution in [0.15, 0.2) is 36.8 Å². The molecule has 1 aliphatic heterocycles. The van der Waals surface area contributed by atoms with Gasteiger partial charge in [-0.1, -0.05) is 6.07 Å². The predicted octanol–water partition coefficient (Wildman–Crippen LogP) is 4.07. The molecule has 0 saturated carbocycles. The molecule has 3 aromatic rings. The summed E-state index contributed by atoms with van der Waals surface area (Å²) in [4.78, 5) is 13.3. The van der Waals surface area contributed by atoms with Gasteiger partial charge in [0, 0.05) is 30.9 Å². The largest absolute Gasteiger partial charge is 0.367 e. The first-order valence-electron chi connectivity index (χ1n) is 9.34. The van der Waals surface area contributed by atoms with E-state index in [1.54, 1.807) is 4.90 Å². The molecule has 0 unspecified atom stereocenters. The molecule has 1 aliphatic rings. The molecule has 3 heterocycles. The van der Waals surface area contributed by atoms with Crippen LogP contribution in [-0.2, 0) is 5.92 Å². The molecule has 0 radical (unpaired) electrons. The number of benzene rings is 1. The van der Waals surface area contributed by atoms with Crippen molar-refractivity contribution in [3.63, 3.8) is 0 Å².